The number of rotatable bonds is 8. The molecule has 0 spiro atoms. The SMILES string of the molecule is Cc1cc(C(=O)N(C)C)ccc1-c1cncc(C(OCc2ccccc2)N(C)N(C)C)n1. The van der Waals surface area contributed by atoms with Crippen LogP contribution >= 0.6 is 0 Å². The first-order chi connectivity index (χ1) is 15.3. The normalized spacial score (nSPS) is 12.2. The summed E-state index contributed by atoms with van der Waals surface area (Å²) in [5.74, 6) is -0.0264. The molecule has 1 amide bonds. The van der Waals surface area contributed by atoms with Gasteiger partial charge in [-0.3, -0.25) is 9.78 Å². The first kappa shape index (κ1) is 23.5. The number of ether oxygens (including phenoxy) is 1. The van der Waals surface area contributed by atoms with E-state index in [0.717, 1.165) is 22.4 Å². The van der Waals surface area contributed by atoms with Gasteiger partial charge in [0.2, 0.25) is 0 Å². The molecule has 0 aliphatic carbocycles. The summed E-state index contributed by atoms with van der Waals surface area (Å²) in [6.45, 7) is 2.43. The Labute approximate surface area is 190 Å². The van der Waals surface area contributed by atoms with Gasteiger partial charge in [-0.2, -0.15) is 0 Å². The first-order valence-electron chi connectivity index (χ1n) is 10.5. The standard InChI is InChI=1S/C25H31N5O2/c1-18-14-20(24(31)28(2)3)12-13-21(18)22-15-26-16-23(27-22)25(30(6)29(4)5)32-17-19-10-8-7-9-11-19/h7-16,25H,17H2,1-6H3. The van der Waals surface area contributed by atoms with Gasteiger partial charge in [-0.05, 0) is 30.2 Å². The van der Waals surface area contributed by atoms with Gasteiger partial charge in [0.15, 0.2) is 6.23 Å². The van der Waals surface area contributed by atoms with Gasteiger partial charge in [0.05, 0.1) is 24.7 Å². The summed E-state index contributed by atoms with van der Waals surface area (Å²) in [5.41, 5.74) is 5.09. The maximum absolute atomic E-state index is 12.3. The van der Waals surface area contributed by atoms with Crippen LogP contribution in [0.3, 0.4) is 0 Å². The molecule has 0 saturated carbocycles. The lowest BCUT2D eigenvalue weighted by Gasteiger charge is -2.32. The van der Waals surface area contributed by atoms with Gasteiger partial charge in [0.1, 0.15) is 5.69 Å². The van der Waals surface area contributed by atoms with E-state index in [4.69, 9.17) is 9.72 Å². The predicted octanol–water partition coefficient (Wildman–Crippen LogP) is 3.78. The van der Waals surface area contributed by atoms with E-state index in [-0.39, 0.29) is 5.91 Å². The van der Waals surface area contributed by atoms with Crippen LogP contribution < -0.4 is 0 Å². The first-order valence-corrected chi connectivity index (χ1v) is 10.5. The second kappa shape index (κ2) is 10.5. The summed E-state index contributed by atoms with van der Waals surface area (Å²) in [6, 6.07) is 15.7. The second-order valence-electron chi connectivity index (χ2n) is 8.13. The minimum atomic E-state index is -0.410. The number of aromatic nitrogens is 2. The van der Waals surface area contributed by atoms with E-state index in [1.54, 1.807) is 31.4 Å². The molecule has 0 N–H and O–H groups in total. The van der Waals surface area contributed by atoms with E-state index in [9.17, 15) is 4.79 Å². The smallest absolute Gasteiger partial charge is 0.253 e. The quantitative estimate of drug-likeness (QED) is 0.398. The Balaban J connectivity index is 1.91. The highest BCUT2D eigenvalue weighted by molar-refractivity contribution is 5.94. The number of hydrogen-bond acceptors (Lipinski definition) is 6. The van der Waals surface area contributed by atoms with E-state index >= 15 is 0 Å². The molecular weight excluding hydrogens is 402 g/mol. The van der Waals surface area contributed by atoms with Crippen molar-refractivity contribution in [2.24, 2.45) is 0 Å². The minimum Gasteiger partial charge on any atom is -0.351 e. The highest BCUT2D eigenvalue weighted by Crippen LogP contribution is 2.26. The third kappa shape index (κ3) is 5.56. The molecule has 1 heterocycles. The van der Waals surface area contributed by atoms with Crippen LogP contribution in [-0.2, 0) is 11.3 Å². The fourth-order valence-electron chi connectivity index (χ4n) is 3.32. The minimum absolute atomic E-state index is 0.0264. The fourth-order valence-corrected chi connectivity index (χ4v) is 3.32. The molecule has 1 atom stereocenters. The van der Waals surface area contributed by atoms with Gasteiger partial charge < -0.3 is 9.64 Å². The molecule has 0 saturated heterocycles. The molecule has 0 aliphatic heterocycles. The summed E-state index contributed by atoms with van der Waals surface area (Å²) in [7, 11) is 9.37. The molecule has 0 bridgehead atoms. The Morgan fingerprint density at radius 2 is 1.72 bits per heavy atom. The molecular formula is C25H31N5O2. The Morgan fingerprint density at radius 1 is 1.00 bits per heavy atom. The summed E-state index contributed by atoms with van der Waals surface area (Å²) >= 11 is 0. The van der Waals surface area contributed by atoms with Crippen molar-refractivity contribution in [3.05, 3.63) is 83.3 Å². The maximum Gasteiger partial charge on any atom is 0.253 e. The number of carbonyl (C=O) groups excluding carboxylic acids is 1. The molecule has 7 nitrogen and oxygen atoms in total. The van der Waals surface area contributed by atoms with Gasteiger partial charge in [-0.15, -0.1) is 0 Å². The molecule has 0 aliphatic rings. The molecule has 7 heteroatoms. The van der Waals surface area contributed by atoms with Crippen LogP contribution in [0.4, 0.5) is 0 Å². The number of hydrogen-bond donors (Lipinski definition) is 0. The van der Waals surface area contributed by atoms with Gasteiger partial charge in [-0.1, -0.05) is 36.4 Å². The summed E-state index contributed by atoms with van der Waals surface area (Å²) in [5, 5.41) is 3.93. The average molecular weight is 434 g/mol. The predicted molar refractivity (Wildman–Crippen MR) is 126 cm³/mol. The number of aryl methyl sites for hydroxylation is 1. The van der Waals surface area contributed by atoms with Crippen molar-refractivity contribution in [2.75, 3.05) is 35.2 Å². The summed E-state index contributed by atoms with van der Waals surface area (Å²) < 4.78 is 6.27. The van der Waals surface area contributed by atoms with Crippen LogP contribution in [0.25, 0.3) is 11.3 Å². The molecule has 32 heavy (non-hydrogen) atoms. The van der Waals surface area contributed by atoms with Crippen molar-refractivity contribution in [1.82, 2.24) is 24.9 Å². The molecule has 2 aromatic carbocycles. The Morgan fingerprint density at radius 3 is 2.34 bits per heavy atom. The number of amides is 1. The van der Waals surface area contributed by atoms with Gasteiger partial charge in [-0.25, -0.2) is 15.0 Å². The topological polar surface area (TPSA) is 61.8 Å². The highest BCUT2D eigenvalue weighted by Gasteiger charge is 2.22. The van der Waals surface area contributed by atoms with E-state index in [1.807, 2.05) is 86.6 Å². The third-order valence-corrected chi connectivity index (χ3v) is 5.28. The van der Waals surface area contributed by atoms with Crippen molar-refractivity contribution in [2.45, 2.75) is 19.8 Å². The average Bonchev–Trinajstić information content (AvgIpc) is 2.79. The van der Waals surface area contributed by atoms with E-state index in [2.05, 4.69) is 4.98 Å². The highest BCUT2D eigenvalue weighted by atomic mass is 16.5. The number of carbonyl (C=O) groups is 1. The largest absolute Gasteiger partial charge is 0.351 e. The molecule has 3 aromatic rings. The van der Waals surface area contributed by atoms with Crippen LogP contribution in [0, 0.1) is 6.92 Å². The second-order valence-corrected chi connectivity index (χ2v) is 8.13. The molecule has 168 valence electrons. The lowest BCUT2D eigenvalue weighted by atomic mass is 10.0. The fraction of sp³-hybridized carbons (Fsp3) is 0.320. The molecule has 1 unspecified atom stereocenters. The van der Waals surface area contributed by atoms with Crippen LogP contribution in [0.5, 0.6) is 0 Å². The lowest BCUT2D eigenvalue weighted by Crippen LogP contribution is -2.38. The third-order valence-electron chi connectivity index (χ3n) is 5.28. The van der Waals surface area contributed by atoms with Crippen molar-refractivity contribution in [3.63, 3.8) is 0 Å². The zero-order valence-corrected chi connectivity index (χ0v) is 19.6. The Bertz CT molecular complexity index is 1050. The van der Waals surface area contributed by atoms with Crippen molar-refractivity contribution in [1.29, 1.82) is 0 Å². The van der Waals surface area contributed by atoms with Crippen LogP contribution in [0.2, 0.25) is 0 Å². The van der Waals surface area contributed by atoms with Crippen molar-refractivity contribution in [3.8, 4) is 11.3 Å². The molecule has 3 rings (SSSR count). The van der Waals surface area contributed by atoms with Gasteiger partial charge >= 0.3 is 0 Å². The molecule has 0 radical (unpaired) electrons. The number of benzene rings is 2. The zero-order valence-electron chi connectivity index (χ0n) is 19.6. The van der Waals surface area contributed by atoms with Crippen molar-refractivity contribution >= 4 is 5.91 Å². The number of nitrogens with zero attached hydrogens (tertiary/aromatic N) is 5. The van der Waals surface area contributed by atoms with Crippen molar-refractivity contribution < 1.29 is 9.53 Å². The number of hydrazine groups is 1. The van der Waals surface area contributed by atoms with Crippen LogP contribution in [-0.4, -0.2) is 66.0 Å². The summed E-state index contributed by atoms with van der Waals surface area (Å²) in [4.78, 5) is 23.2. The van der Waals surface area contributed by atoms with Crippen LogP contribution in [0.1, 0.15) is 33.4 Å². The van der Waals surface area contributed by atoms with E-state index < -0.39 is 6.23 Å². The maximum atomic E-state index is 12.3. The van der Waals surface area contributed by atoms with E-state index in [1.165, 1.54) is 0 Å². The Kier molecular flexibility index (Phi) is 7.69. The van der Waals surface area contributed by atoms with Gasteiger partial charge in [0.25, 0.3) is 5.91 Å². The lowest BCUT2D eigenvalue weighted by molar-refractivity contribution is -0.143. The van der Waals surface area contributed by atoms with Gasteiger partial charge in [0, 0.05) is 46.4 Å². The Hall–Kier alpha value is -3.13. The van der Waals surface area contributed by atoms with E-state index in [0.29, 0.717) is 17.9 Å². The molecule has 1 aromatic heterocycles. The van der Waals surface area contributed by atoms with Crippen LogP contribution in [0.15, 0.2) is 60.9 Å². The molecule has 0 fully saturated rings. The zero-order chi connectivity index (χ0) is 23.3. The summed E-state index contributed by atoms with van der Waals surface area (Å²) in [6.07, 6.45) is 3.06. The monoisotopic (exact) mass is 433 g/mol.